The first-order valence-electron chi connectivity index (χ1n) is 6.74. The molecule has 6 heteroatoms. The van der Waals surface area contributed by atoms with Crippen molar-refractivity contribution in [2.45, 2.75) is 31.1 Å². The molecule has 2 N–H and O–H groups in total. The van der Waals surface area contributed by atoms with Crippen molar-refractivity contribution in [3.63, 3.8) is 0 Å². The number of hydrogen-bond donors (Lipinski definition) is 1. The Kier molecular flexibility index (Phi) is 4.45. The van der Waals surface area contributed by atoms with Crippen LogP contribution in [-0.4, -0.2) is 32.4 Å². The van der Waals surface area contributed by atoms with Crippen molar-refractivity contribution < 1.29 is 13.2 Å². The lowest BCUT2D eigenvalue weighted by Gasteiger charge is -2.27. The second-order valence-corrected chi connectivity index (χ2v) is 7.38. The highest BCUT2D eigenvalue weighted by atomic mass is 32.2. The second kappa shape index (κ2) is 5.93. The van der Waals surface area contributed by atoms with E-state index in [0.717, 1.165) is 12.0 Å². The van der Waals surface area contributed by atoms with Gasteiger partial charge >= 0.3 is 0 Å². The Labute approximate surface area is 119 Å². The lowest BCUT2D eigenvalue weighted by Crippen LogP contribution is -2.44. The molecule has 5 nitrogen and oxygen atoms in total. The third-order valence-corrected chi connectivity index (χ3v) is 5.92. The van der Waals surface area contributed by atoms with Crippen LogP contribution in [0.3, 0.4) is 0 Å². The largest absolute Gasteiger partial charge is 0.326 e. The SMILES string of the molecule is CN(C(=O)C1CCCCS1(=O)=O)c1ccccc1CN. The fourth-order valence-electron chi connectivity index (χ4n) is 2.58. The van der Waals surface area contributed by atoms with Crippen molar-refractivity contribution in [3.8, 4) is 0 Å². The molecule has 20 heavy (non-hydrogen) atoms. The van der Waals surface area contributed by atoms with E-state index in [1.54, 1.807) is 13.1 Å². The molecular weight excluding hydrogens is 276 g/mol. The van der Waals surface area contributed by atoms with Crippen LogP contribution >= 0.6 is 0 Å². The first-order valence-corrected chi connectivity index (χ1v) is 8.46. The van der Waals surface area contributed by atoms with E-state index < -0.39 is 15.1 Å². The number of sulfone groups is 1. The first kappa shape index (κ1) is 15.0. The van der Waals surface area contributed by atoms with Crippen molar-refractivity contribution in [2.75, 3.05) is 17.7 Å². The Morgan fingerprint density at radius 2 is 2.05 bits per heavy atom. The van der Waals surface area contributed by atoms with Crippen LogP contribution in [0.15, 0.2) is 24.3 Å². The Balaban J connectivity index is 2.28. The maximum absolute atomic E-state index is 12.5. The molecule has 2 rings (SSSR count). The summed E-state index contributed by atoms with van der Waals surface area (Å²) < 4.78 is 24.1. The molecule has 1 fully saturated rings. The van der Waals surface area contributed by atoms with Crippen molar-refractivity contribution in [3.05, 3.63) is 29.8 Å². The van der Waals surface area contributed by atoms with Gasteiger partial charge in [-0.1, -0.05) is 24.6 Å². The Hall–Kier alpha value is -1.40. The number of nitrogens with zero attached hydrogens (tertiary/aromatic N) is 1. The maximum atomic E-state index is 12.5. The van der Waals surface area contributed by atoms with E-state index in [-0.39, 0.29) is 11.7 Å². The molecule has 110 valence electrons. The van der Waals surface area contributed by atoms with Gasteiger partial charge in [0, 0.05) is 19.3 Å². The molecule has 0 saturated carbocycles. The van der Waals surface area contributed by atoms with Crippen molar-refractivity contribution in [1.82, 2.24) is 0 Å². The minimum atomic E-state index is -3.32. The molecule has 1 aliphatic heterocycles. The van der Waals surface area contributed by atoms with Gasteiger partial charge in [0.1, 0.15) is 5.25 Å². The summed E-state index contributed by atoms with van der Waals surface area (Å²) in [6, 6.07) is 7.29. The number of anilines is 1. The quantitative estimate of drug-likeness (QED) is 0.905. The van der Waals surface area contributed by atoms with Crippen LogP contribution in [0.2, 0.25) is 0 Å². The molecule has 0 radical (unpaired) electrons. The zero-order valence-corrected chi connectivity index (χ0v) is 12.4. The van der Waals surface area contributed by atoms with Crippen molar-refractivity contribution in [2.24, 2.45) is 5.73 Å². The summed E-state index contributed by atoms with van der Waals surface area (Å²) in [6.07, 6.45) is 1.84. The summed E-state index contributed by atoms with van der Waals surface area (Å²) in [5.41, 5.74) is 7.18. The molecule has 1 aromatic carbocycles. The summed E-state index contributed by atoms with van der Waals surface area (Å²) in [7, 11) is -1.71. The predicted octanol–water partition coefficient (Wildman–Crippen LogP) is 1.08. The maximum Gasteiger partial charge on any atom is 0.245 e. The van der Waals surface area contributed by atoms with Gasteiger partial charge in [0.05, 0.1) is 5.75 Å². The molecule has 0 aliphatic carbocycles. The molecule has 0 aromatic heterocycles. The second-order valence-electron chi connectivity index (χ2n) is 5.08. The van der Waals surface area contributed by atoms with E-state index in [1.807, 2.05) is 18.2 Å². The zero-order valence-electron chi connectivity index (χ0n) is 11.6. The van der Waals surface area contributed by atoms with Gasteiger partial charge < -0.3 is 10.6 Å². The highest BCUT2D eigenvalue weighted by Crippen LogP contribution is 2.25. The number of benzene rings is 1. The van der Waals surface area contributed by atoms with Crippen LogP contribution in [0.1, 0.15) is 24.8 Å². The standard InChI is InChI=1S/C14H20N2O3S/c1-16(12-7-3-2-6-11(12)10-15)14(17)13-8-4-5-9-20(13,18)19/h2-3,6-7,13H,4-5,8-10,15H2,1H3. The van der Waals surface area contributed by atoms with Gasteiger partial charge in [-0.3, -0.25) is 4.79 Å². The summed E-state index contributed by atoms with van der Waals surface area (Å²) in [5, 5.41) is -0.910. The summed E-state index contributed by atoms with van der Waals surface area (Å²) >= 11 is 0. The topological polar surface area (TPSA) is 80.5 Å². The Morgan fingerprint density at radius 3 is 2.70 bits per heavy atom. The highest BCUT2D eigenvalue weighted by Gasteiger charge is 2.37. The van der Waals surface area contributed by atoms with Crippen LogP contribution < -0.4 is 10.6 Å². The van der Waals surface area contributed by atoms with Gasteiger partial charge in [0.2, 0.25) is 5.91 Å². The molecule has 1 saturated heterocycles. The molecule has 0 bridgehead atoms. The lowest BCUT2D eigenvalue weighted by atomic mass is 10.1. The van der Waals surface area contributed by atoms with Gasteiger partial charge in [0.25, 0.3) is 0 Å². The van der Waals surface area contributed by atoms with Crippen molar-refractivity contribution >= 4 is 21.4 Å². The zero-order chi connectivity index (χ0) is 14.8. The molecule has 1 aromatic rings. The minimum absolute atomic E-state index is 0.107. The number of amides is 1. The summed E-state index contributed by atoms with van der Waals surface area (Å²) in [5.74, 6) is -0.249. The van der Waals surface area contributed by atoms with E-state index in [9.17, 15) is 13.2 Å². The first-order chi connectivity index (χ1) is 9.47. The molecule has 1 amide bonds. The molecule has 1 aliphatic rings. The van der Waals surface area contributed by atoms with Crippen LogP contribution in [-0.2, 0) is 21.2 Å². The third kappa shape index (κ3) is 2.86. The molecular formula is C14H20N2O3S. The summed E-state index contributed by atoms with van der Waals surface area (Å²) in [6.45, 7) is 0.311. The Bertz CT molecular complexity index is 598. The number of hydrogen-bond acceptors (Lipinski definition) is 4. The number of para-hydroxylation sites is 1. The summed E-state index contributed by atoms with van der Waals surface area (Å²) in [4.78, 5) is 13.9. The molecule has 1 heterocycles. The number of nitrogens with two attached hydrogens (primary N) is 1. The average molecular weight is 296 g/mol. The Morgan fingerprint density at radius 1 is 1.35 bits per heavy atom. The predicted molar refractivity (Wildman–Crippen MR) is 79.2 cm³/mol. The van der Waals surface area contributed by atoms with E-state index in [0.29, 0.717) is 25.1 Å². The van der Waals surface area contributed by atoms with Gasteiger partial charge in [-0.25, -0.2) is 8.42 Å². The highest BCUT2D eigenvalue weighted by molar-refractivity contribution is 7.92. The van der Waals surface area contributed by atoms with Gasteiger partial charge in [-0.2, -0.15) is 0 Å². The monoisotopic (exact) mass is 296 g/mol. The number of carbonyl (C=O) groups is 1. The van der Waals surface area contributed by atoms with Crippen LogP contribution in [0.4, 0.5) is 5.69 Å². The van der Waals surface area contributed by atoms with Gasteiger partial charge in [-0.05, 0) is 24.5 Å². The minimum Gasteiger partial charge on any atom is -0.326 e. The molecule has 1 unspecified atom stereocenters. The van der Waals surface area contributed by atoms with E-state index >= 15 is 0 Å². The average Bonchev–Trinajstić information content (AvgIpc) is 2.45. The van der Waals surface area contributed by atoms with E-state index in [1.165, 1.54) is 4.90 Å². The van der Waals surface area contributed by atoms with Crippen LogP contribution in [0, 0.1) is 0 Å². The number of carbonyl (C=O) groups excluding carboxylic acids is 1. The third-order valence-electron chi connectivity index (χ3n) is 3.76. The smallest absolute Gasteiger partial charge is 0.245 e. The van der Waals surface area contributed by atoms with Gasteiger partial charge in [-0.15, -0.1) is 0 Å². The normalized spacial score (nSPS) is 21.4. The van der Waals surface area contributed by atoms with Gasteiger partial charge in [0.15, 0.2) is 9.84 Å². The number of rotatable bonds is 3. The van der Waals surface area contributed by atoms with Crippen molar-refractivity contribution in [1.29, 1.82) is 0 Å². The lowest BCUT2D eigenvalue weighted by molar-refractivity contribution is -0.118. The fraction of sp³-hybridized carbons (Fsp3) is 0.500. The fourth-order valence-corrected chi connectivity index (χ4v) is 4.46. The molecule has 1 atom stereocenters. The van der Waals surface area contributed by atoms with Crippen LogP contribution in [0.5, 0.6) is 0 Å². The van der Waals surface area contributed by atoms with E-state index in [4.69, 9.17) is 5.73 Å². The molecule has 0 spiro atoms. The van der Waals surface area contributed by atoms with E-state index in [2.05, 4.69) is 0 Å². The van der Waals surface area contributed by atoms with Crippen LogP contribution in [0.25, 0.3) is 0 Å².